The molecule has 0 radical (unpaired) electrons. The molecule has 0 bridgehead atoms. The second kappa shape index (κ2) is 3.48. The summed E-state index contributed by atoms with van der Waals surface area (Å²) < 4.78 is 0. The average Bonchev–Trinajstić information content (AvgIpc) is 2.72. The Morgan fingerprint density at radius 2 is 1.41 bits per heavy atom. The molecule has 0 spiro atoms. The van der Waals surface area contributed by atoms with Gasteiger partial charge in [0.25, 0.3) is 0 Å². The van der Waals surface area contributed by atoms with Crippen LogP contribution >= 0.6 is 0 Å². The smallest absolute Gasteiger partial charge is 0.117 e. The van der Waals surface area contributed by atoms with Gasteiger partial charge in [-0.3, -0.25) is 0 Å². The van der Waals surface area contributed by atoms with Gasteiger partial charge in [-0.1, -0.05) is 0 Å². The molecule has 0 atom stereocenters. The summed E-state index contributed by atoms with van der Waals surface area (Å²) in [4.78, 5) is 1.46. The first-order valence-corrected chi connectivity index (χ1v) is 5.08. The fourth-order valence-electron chi connectivity index (χ4n) is 1.60. The Balaban J connectivity index is 2.14. The van der Waals surface area contributed by atoms with E-state index in [1.165, 1.54) is 4.80 Å². The first-order valence-electron chi connectivity index (χ1n) is 5.08. The largest absolute Gasteiger partial charge is 0.508 e. The lowest BCUT2D eigenvalue weighted by atomic mass is 10.3. The summed E-state index contributed by atoms with van der Waals surface area (Å²) in [6.07, 6.45) is 0. The molecule has 0 amide bonds. The zero-order valence-electron chi connectivity index (χ0n) is 8.78. The molecule has 0 unspecified atom stereocenters. The van der Waals surface area contributed by atoms with Crippen LogP contribution in [-0.2, 0) is 0 Å². The van der Waals surface area contributed by atoms with Crippen molar-refractivity contribution < 1.29 is 10.2 Å². The highest BCUT2D eigenvalue weighted by molar-refractivity contribution is 5.75. The van der Waals surface area contributed by atoms with Crippen LogP contribution in [0.1, 0.15) is 0 Å². The number of aromatic hydroxyl groups is 2. The Morgan fingerprint density at radius 1 is 0.765 bits per heavy atom. The van der Waals surface area contributed by atoms with Crippen molar-refractivity contribution in [1.82, 2.24) is 15.0 Å². The van der Waals surface area contributed by atoms with Crippen molar-refractivity contribution in [3.63, 3.8) is 0 Å². The van der Waals surface area contributed by atoms with Crippen LogP contribution in [0.2, 0.25) is 0 Å². The van der Waals surface area contributed by atoms with Crippen LogP contribution in [0, 0.1) is 0 Å². The molecule has 84 valence electrons. The molecule has 0 fully saturated rings. The summed E-state index contributed by atoms with van der Waals surface area (Å²) >= 11 is 0. The molecule has 0 aliphatic rings. The lowest BCUT2D eigenvalue weighted by molar-refractivity contribution is 0.475. The third-order valence-electron chi connectivity index (χ3n) is 2.44. The van der Waals surface area contributed by atoms with Crippen molar-refractivity contribution in [3.8, 4) is 17.2 Å². The Kier molecular flexibility index (Phi) is 1.98. The lowest BCUT2D eigenvalue weighted by Gasteiger charge is -1.98. The van der Waals surface area contributed by atoms with Crippen molar-refractivity contribution in [2.75, 3.05) is 0 Å². The number of nitrogens with zero attached hydrogens (tertiary/aromatic N) is 3. The highest BCUT2D eigenvalue weighted by Gasteiger charge is 2.05. The second-order valence-electron chi connectivity index (χ2n) is 3.68. The van der Waals surface area contributed by atoms with E-state index in [0.717, 1.165) is 5.69 Å². The van der Waals surface area contributed by atoms with E-state index in [2.05, 4.69) is 10.2 Å². The maximum Gasteiger partial charge on any atom is 0.117 e. The Bertz CT molecular complexity index is 674. The molecule has 5 nitrogen and oxygen atoms in total. The first kappa shape index (κ1) is 9.65. The molecule has 2 aromatic carbocycles. The highest BCUT2D eigenvalue weighted by atomic mass is 16.3. The average molecular weight is 227 g/mol. The Hall–Kier alpha value is -2.56. The number of fused-ring (bicyclic) bond motifs is 1. The van der Waals surface area contributed by atoms with Gasteiger partial charge in [0.15, 0.2) is 0 Å². The van der Waals surface area contributed by atoms with Crippen LogP contribution in [-0.4, -0.2) is 25.2 Å². The number of phenols is 2. The number of phenolic OH excluding ortho intramolecular Hbond substituents is 2. The van der Waals surface area contributed by atoms with Gasteiger partial charge >= 0.3 is 0 Å². The molecule has 0 aliphatic heterocycles. The predicted octanol–water partition coefficient (Wildman–Crippen LogP) is 1.83. The van der Waals surface area contributed by atoms with E-state index in [4.69, 9.17) is 0 Å². The van der Waals surface area contributed by atoms with E-state index in [-0.39, 0.29) is 11.5 Å². The van der Waals surface area contributed by atoms with Gasteiger partial charge in [0.05, 0.1) is 5.69 Å². The summed E-state index contributed by atoms with van der Waals surface area (Å²) in [6.45, 7) is 0. The highest BCUT2D eigenvalue weighted by Crippen LogP contribution is 2.18. The molecule has 5 heteroatoms. The molecule has 1 heterocycles. The minimum Gasteiger partial charge on any atom is -0.508 e. The molecule has 3 rings (SSSR count). The standard InChI is InChI=1S/C12H9N3O2/c16-9-3-1-8(2-4-9)15-13-11-6-5-10(17)7-12(11)14-15/h1-7,16-17H. The second-order valence-corrected chi connectivity index (χ2v) is 3.68. The summed E-state index contributed by atoms with van der Waals surface area (Å²) in [5.41, 5.74) is 2.08. The fraction of sp³-hybridized carbons (Fsp3) is 0. The van der Waals surface area contributed by atoms with Gasteiger partial charge in [-0.25, -0.2) is 0 Å². The van der Waals surface area contributed by atoms with E-state index in [1.54, 1.807) is 42.5 Å². The quantitative estimate of drug-likeness (QED) is 0.665. The Morgan fingerprint density at radius 3 is 2.18 bits per heavy atom. The summed E-state index contributed by atoms with van der Waals surface area (Å²) in [5.74, 6) is 0.360. The van der Waals surface area contributed by atoms with Crippen LogP contribution in [0.5, 0.6) is 11.5 Å². The molecular formula is C12H9N3O2. The fourth-order valence-corrected chi connectivity index (χ4v) is 1.60. The predicted molar refractivity (Wildman–Crippen MR) is 62.2 cm³/mol. The number of hydrogen-bond acceptors (Lipinski definition) is 4. The molecular weight excluding hydrogens is 218 g/mol. The molecule has 0 saturated heterocycles. The lowest BCUT2D eigenvalue weighted by Crippen LogP contribution is -1.97. The SMILES string of the molecule is Oc1ccc(-n2nc3ccc(O)cc3n2)cc1. The van der Waals surface area contributed by atoms with Gasteiger partial charge in [-0.2, -0.15) is 4.80 Å². The molecule has 2 N–H and O–H groups in total. The van der Waals surface area contributed by atoms with Gasteiger partial charge in [0, 0.05) is 6.07 Å². The van der Waals surface area contributed by atoms with Gasteiger partial charge in [0.1, 0.15) is 22.5 Å². The van der Waals surface area contributed by atoms with Crippen LogP contribution in [0.3, 0.4) is 0 Å². The zero-order chi connectivity index (χ0) is 11.8. The molecule has 0 saturated carbocycles. The number of aromatic nitrogens is 3. The van der Waals surface area contributed by atoms with Crippen LogP contribution < -0.4 is 0 Å². The zero-order valence-corrected chi connectivity index (χ0v) is 8.78. The van der Waals surface area contributed by atoms with Crippen LogP contribution in [0.25, 0.3) is 16.7 Å². The van der Waals surface area contributed by atoms with Crippen molar-refractivity contribution in [2.45, 2.75) is 0 Å². The number of hydrogen-bond donors (Lipinski definition) is 2. The summed E-state index contributed by atoms with van der Waals surface area (Å²) in [6, 6.07) is 11.4. The maximum atomic E-state index is 9.34. The van der Waals surface area contributed by atoms with E-state index >= 15 is 0 Å². The molecule has 3 aromatic rings. The normalized spacial score (nSPS) is 10.8. The van der Waals surface area contributed by atoms with E-state index in [9.17, 15) is 10.2 Å². The minimum absolute atomic E-state index is 0.162. The minimum atomic E-state index is 0.162. The van der Waals surface area contributed by atoms with Crippen molar-refractivity contribution in [1.29, 1.82) is 0 Å². The van der Waals surface area contributed by atoms with Gasteiger partial charge in [-0.15, -0.1) is 10.2 Å². The summed E-state index contributed by atoms with van der Waals surface area (Å²) in [5, 5.41) is 27.0. The van der Waals surface area contributed by atoms with Crippen molar-refractivity contribution >= 4 is 11.0 Å². The number of rotatable bonds is 1. The van der Waals surface area contributed by atoms with E-state index in [0.29, 0.717) is 11.0 Å². The van der Waals surface area contributed by atoms with Crippen molar-refractivity contribution in [3.05, 3.63) is 42.5 Å². The van der Waals surface area contributed by atoms with Crippen LogP contribution in [0.15, 0.2) is 42.5 Å². The third-order valence-corrected chi connectivity index (χ3v) is 2.44. The Labute approximate surface area is 96.6 Å². The number of benzene rings is 2. The van der Waals surface area contributed by atoms with E-state index in [1.807, 2.05) is 0 Å². The third kappa shape index (κ3) is 1.67. The maximum absolute atomic E-state index is 9.34. The van der Waals surface area contributed by atoms with Gasteiger partial charge in [0.2, 0.25) is 0 Å². The molecule has 1 aromatic heterocycles. The monoisotopic (exact) mass is 227 g/mol. The molecule has 17 heavy (non-hydrogen) atoms. The van der Waals surface area contributed by atoms with Gasteiger partial charge < -0.3 is 10.2 Å². The molecule has 0 aliphatic carbocycles. The van der Waals surface area contributed by atoms with Crippen molar-refractivity contribution in [2.24, 2.45) is 0 Å². The topological polar surface area (TPSA) is 71.2 Å². The van der Waals surface area contributed by atoms with Crippen LogP contribution in [0.4, 0.5) is 0 Å². The van der Waals surface area contributed by atoms with Gasteiger partial charge in [-0.05, 0) is 36.4 Å². The summed E-state index contributed by atoms with van der Waals surface area (Å²) in [7, 11) is 0. The van der Waals surface area contributed by atoms with E-state index < -0.39 is 0 Å². The first-order chi connectivity index (χ1) is 8.22.